The summed E-state index contributed by atoms with van der Waals surface area (Å²) in [5.74, 6) is 0.380. The quantitative estimate of drug-likeness (QED) is 0.346. The Hall–Kier alpha value is -2.83. The van der Waals surface area contributed by atoms with E-state index in [1.165, 1.54) is 6.92 Å². The summed E-state index contributed by atoms with van der Waals surface area (Å²) in [6.45, 7) is 8.20. The van der Waals surface area contributed by atoms with Crippen molar-refractivity contribution in [2.24, 2.45) is 5.92 Å². The number of carbonyl (C=O) groups excluding carboxylic acids is 1. The number of halogens is 2. The number of nitrogens with zero attached hydrogens (tertiary/aromatic N) is 3. The number of aromatic nitrogens is 1. The van der Waals surface area contributed by atoms with Gasteiger partial charge in [0.1, 0.15) is 17.5 Å². The van der Waals surface area contributed by atoms with E-state index in [2.05, 4.69) is 14.8 Å². The Morgan fingerprint density at radius 2 is 1.93 bits per heavy atom. The average Bonchev–Trinajstić information content (AvgIpc) is 3.28. The van der Waals surface area contributed by atoms with Gasteiger partial charge in [-0.1, -0.05) is 41.3 Å². The number of aliphatic hydroxyl groups excluding tert-OH is 1. The van der Waals surface area contributed by atoms with Crippen molar-refractivity contribution in [3.8, 4) is 5.75 Å². The van der Waals surface area contributed by atoms with Crippen LogP contribution in [-0.4, -0.2) is 73.3 Å². The maximum atomic E-state index is 13.5. The molecule has 0 bridgehead atoms. The lowest BCUT2D eigenvalue weighted by atomic mass is 10.0. The molecule has 1 aliphatic heterocycles. The smallest absolute Gasteiger partial charge is 0.267 e. The molecule has 1 aliphatic rings. The van der Waals surface area contributed by atoms with Crippen molar-refractivity contribution in [1.29, 1.82) is 0 Å². The normalized spacial score (nSPS) is 18.6. The summed E-state index contributed by atoms with van der Waals surface area (Å²) < 4.78 is 40.4. The van der Waals surface area contributed by atoms with Gasteiger partial charge in [-0.15, -0.1) is 0 Å². The van der Waals surface area contributed by atoms with Crippen LogP contribution in [0.4, 0.5) is 5.69 Å². The van der Waals surface area contributed by atoms with Crippen LogP contribution in [-0.2, 0) is 27.8 Å². The number of carbonyl (C=O) groups is 1. The Morgan fingerprint density at radius 1 is 1.19 bits per heavy atom. The maximum Gasteiger partial charge on any atom is 0.267 e. The number of aliphatic hydroxyl groups is 1. The molecule has 42 heavy (non-hydrogen) atoms. The molecule has 0 radical (unpaired) electrons. The number of hydrogen-bond donors (Lipinski definition) is 2. The lowest BCUT2D eigenvalue weighted by molar-refractivity contribution is -0.134. The second kappa shape index (κ2) is 13.2. The van der Waals surface area contributed by atoms with E-state index in [4.69, 9.17) is 32.5 Å². The predicted octanol–water partition coefficient (Wildman–Crippen LogP) is 4.68. The number of benzene rings is 2. The number of rotatable bonds is 9. The van der Waals surface area contributed by atoms with E-state index < -0.39 is 16.1 Å². The molecule has 4 rings (SSSR count). The van der Waals surface area contributed by atoms with Gasteiger partial charge in [-0.25, -0.2) is 8.42 Å². The molecule has 1 aromatic heterocycles. The molecular weight excluding hydrogens is 603 g/mol. The van der Waals surface area contributed by atoms with Gasteiger partial charge in [0.05, 0.1) is 29.1 Å². The molecular formula is C29H36Cl2N4O6S. The van der Waals surface area contributed by atoms with Crippen molar-refractivity contribution >= 4 is 44.8 Å². The molecule has 10 nitrogen and oxygen atoms in total. The monoisotopic (exact) mass is 638 g/mol. The molecule has 13 heteroatoms. The molecule has 1 amide bonds. The van der Waals surface area contributed by atoms with Crippen molar-refractivity contribution < 1.29 is 27.6 Å². The van der Waals surface area contributed by atoms with E-state index in [9.17, 15) is 18.3 Å². The van der Waals surface area contributed by atoms with Crippen molar-refractivity contribution in [3.05, 3.63) is 69.0 Å². The first-order valence-electron chi connectivity index (χ1n) is 13.6. The van der Waals surface area contributed by atoms with E-state index in [1.54, 1.807) is 43.0 Å². The van der Waals surface area contributed by atoms with Gasteiger partial charge in [0.25, 0.3) is 10.0 Å². The Morgan fingerprint density at radius 3 is 2.57 bits per heavy atom. The number of anilines is 1. The zero-order chi connectivity index (χ0) is 30.8. The molecule has 0 saturated carbocycles. The number of sulfonamides is 1. The number of amides is 1. The third kappa shape index (κ3) is 7.38. The molecule has 0 unspecified atom stereocenters. The van der Waals surface area contributed by atoms with E-state index in [0.29, 0.717) is 41.0 Å². The van der Waals surface area contributed by atoms with Crippen LogP contribution in [0.25, 0.3) is 0 Å². The molecule has 228 valence electrons. The van der Waals surface area contributed by atoms with Gasteiger partial charge in [0.2, 0.25) is 5.91 Å². The Kier molecular flexibility index (Phi) is 10.1. The summed E-state index contributed by atoms with van der Waals surface area (Å²) in [5, 5.41) is 14.6. The topological polar surface area (TPSA) is 125 Å². The fraction of sp³-hybridized carbons (Fsp3) is 0.448. The van der Waals surface area contributed by atoms with Gasteiger partial charge in [-0.05, 0) is 63.7 Å². The van der Waals surface area contributed by atoms with Crippen LogP contribution in [0.5, 0.6) is 5.75 Å². The van der Waals surface area contributed by atoms with Crippen LogP contribution in [0.1, 0.15) is 36.4 Å². The van der Waals surface area contributed by atoms with Crippen molar-refractivity contribution in [3.63, 3.8) is 0 Å². The Balaban J connectivity index is 1.64. The van der Waals surface area contributed by atoms with Gasteiger partial charge in [-0.3, -0.25) is 14.4 Å². The van der Waals surface area contributed by atoms with Crippen LogP contribution in [0.3, 0.4) is 0 Å². The third-order valence-corrected chi connectivity index (χ3v) is 9.70. The average molecular weight is 640 g/mol. The Bertz CT molecular complexity index is 1530. The van der Waals surface area contributed by atoms with Gasteiger partial charge in [0, 0.05) is 36.8 Å². The summed E-state index contributed by atoms with van der Waals surface area (Å²) in [6, 6.07) is 10.00. The van der Waals surface area contributed by atoms with Crippen LogP contribution < -0.4 is 9.46 Å². The maximum absolute atomic E-state index is 13.5. The van der Waals surface area contributed by atoms with Gasteiger partial charge in [0.15, 0.2) is 10.7 Å². The fourth-order valence-corrected chi connectivity index (χ4v) is 6.80. The highest BCUT2D eigenvalue weighted by atomic mass is 35.5. The SMILES string of the molecule is Cc1noc(C)c1S(=O)(=O)Nc1ccc2c(c1)CC(=O)N([C@H](C)CO)C[C@@H](C)[C@H](CN(C)Cc1ccc(Cl)c(Cl)c1)O2. The van der Waals surface area contributed by atoms with Crippen LogP contribution in [0.15, 0.2) is 45.8 Å². The van der Waals surface area contributed by atoms with Crippen LogP contribution in [0, 0.1) is 19.8 Å². The molecule has 2 N–H and O–H groups in total. The van der Waals surface area contributed by atoms with Gasteiger partial charge < -0.3 is 19.3 Å². The first kappa shape index (κ1) is 32.1. The van der Waals surface area contributed by atoms with Crippen molar-refractivity contribution in [2.45, 2.75) is 57.7 Å². The van der Waals surface area contributed by atoms with Gasteiger partial charge in [-0.2, -0.15) is 0 Å². The summed E-state index contributed by atoms with van der Waals surface area (Å²) in [7, 11) is -2.02. The number of ether oxygens (including phenoxy) is 1. The largest absolute Gasteiger partial charge is 0.488 e. The van der Waals surface area contributed by atoms with Crippen molar-refractivity contribution in [1.82, 2.24) is 15.0 Å². The molecule has 0 saturated heterocycles. The van der Waals surface area contributed by atoms with Gasteiger partial charge >= 0.3 is 0 Å². The van der Waals surface area contributed by atoms with Crippen LogP contribution in [0.2, 0.25) is 10.0 Å². The minimum atomic E-state index is -3.99. The third-order valence-electron chi connectivity index (χ3n) is 7.33. The molecule has 3 atom stereocenters. The number of nitrogens with one attached hydrogen (secondary N) is 1. The first-order chi connectivity index (χ1) is 19.8. The zero-order valence-electron chi connectivity index (χ0n) is 24.2. The summed E-state index contributed by atoms with van der Waals surface area (Å²) in [6.07, 6.45) is -0.361. The molecule has 0 spiro atoms. The first-order valence-corrected chi connectivity index (χ1v) is 15.8. The van der Waals surface area contributed by atoms with Crippen LogP contribution >= 0.6 is 23.2 Å². The van der Waals surface area contributed by atoms with E-state index in [-0.39, 0.29) is 53.0 Å². The molecule has 2 heterocycles. The summed E-state index contributed by atoms with van der Waals surface area (Å²) in [5.41, 5.74) is 2.04. The highest BCUT2D eigenvalue weighted by Crippen LogP contribution is 2.31. The molecule has 0 fully saturated rings. The molecule has 2 aromatic carbocycles. The number of hydrogen-bond acceptors (Lipinski definition) is 8. The van der Waals surface area contributed by atoms with E-state index in [0.717, 1.165) is 5.56 Å². The highest BCUT2D eigenvalue weighted by molar-refractivity contribution is 7.92. The second-order valence-corrected chi connectivity index (χ2v) is 13.3. The molecule has 3 aromatic rings. The van der Waals surface area contributed by atoms with Crippen molar-refractivity contribution in [2.75, 3.05) is 31.5 Å². The minimum Gasteiger partial charge on any atom is -0.488 e. The molecule has 0 aliphatic carbocycles. The lowest BCUT2D eigenvalue weighted by Gasteiger charge is -2.34. The second-order valence-electron chi connectivity index (χ2n) is 10.9. The summed E-state index contributed by atoms with van der Waals surface area (Å²) >= 11 is 12.3. The Labute approximate surface area is 256 Å². The fourth-order valence-electron chi connectivity index (χ4n) is 5.10. The summed E-state index contributed by atoms with van der Waals surface area (Å²) in [4.78, 5) is 17.2. The predicted molar refractivity (Wildman–Crippen MR) is 162 cm³/mol. The standard InChI is InChI=1S/C29H36Cl2N4O6S/c1-17-13-35(18(2)16-36)28(37)12-22-11-23(33-42(38,39)29-19(3)32-41-20(29)4)7-9-26(22)40-27(17)15-34(5)14-21-6-8-24(30)25(31)10-21/h6-11,17-18,27,33,36H,12-16H2,1-5H3/t17-,18-,27+/m1/s1. The number of fused-ring (bicyclic) bond motifs is 1. The number of aryl methyl sites for hydroxylation is 2. The van der Waals surface area contributed by atoms with E-state index in [1.807, 2.05) is 26.1 Å². The number of likely N-dealkylation sites (N-methyl/N-ethyl adjacent to an activating group) is 1. The minimum absolute atomic E-state index is 0.0276. The van der Waals surface area contributed by atoms with E-state index >= 15 is 0 Å². The lowest BCUT2D eigenvalue weighted by Crippen LogP contribution is -2.47. The zero-order valence-corrected chi connectivity index (χ0v) is 26.6. The highest BCUT2D eigenvalue weighted by Gasteiger charge is 2.32.